The molecule has 0 aromatic carbocycles. The van der Waals surface area contributed by atoms with Crippen molar-refractivity contribution in [1.82, 2.24) is 14.5 Å². The van der Waals surface area contributed by atoms with Crippen LogP contribution >= 0.6 is 11.6 Å². The highest BCUT2D eigenvalue weighted by Gasteiger charge is 2.38. The smallest absolute Gasteiger partial charge is 0.315 e. The summed E-state index contributed by atoms with van der Waals surface area (Å²) in [5.41, 5.74) is 4.83. The van der Waals surface area contributed by atoms with Crippen molar-refractivity contribution in [1.29, 1.82) is 0 Å². The van der Waals surface area contributed by atoms with Crippen LogP contribution < -0.4 is 4.74 Å². The van der Waals surface area contributed by atoms with Crippen LogP contribution in [0, 0.1) is 5.41 Å². The van der Waals surface area contributed by atoms with E-state index in [1.165, 1.54) is 48.8 Å². The normalized spacial score (nSPS) is 20.1. The van der Waals surface area contributed by atoms with Crippen LogP contribution in [0.2, 0.25) is 5.15 Å². The molecular formula is C22H26ClN3O3. The van der Waals surface area contributed by atoms with Gasteiger partial charge in [0.15, 0.2) is 0 Å². The Morgan fingerprint density at radius 3 is 2.90 bits per heavy atom. The topological polar surface area (TPSA) is 66.2 Å². The highest BCUT2D eigenvalue weighted by atomic mass is 35.5. The lowest BCUT2D eigenvalue weighted by Gasteiger charge is -2.27. The van der Waals surface area contributed by atoms with E-state index >= 15 is 0 Å². The third kappa shape index (κ3) is 3.90. The second-order valence-corrected chi connectivity index (χ2v) is 8.34. The van der Waals surface area contributed by atoms with E-state index in [-0.39, 0.29) is 5.97 Å². The van der Waals surface area contributed by atoms with Crippen LogP contribution in [-0.2, 0) is 35.3 Å². The zero-order chi connectivity index (χ0) is 20.4. The monoisotopic (exact) mass is 415 g/mol. The Bertz CT molecular complexity index is 953. The number of halogens is 1. The standard InChI is InChI=1S/C22H26ClN3O3/c1-22(21(27)28-2)9-8-18-16(13-22)15-6-3-4-7-17(15)26(18)10-5-11-29-20-12-19(23)24-14-25-20/h8-9,12,14H,3-7,10-11,13H2,1-2H3. The molecule has 0 fully saturated rings. The van der Waals surface area contributed by atoms with Gasteiger partial charge in [0, 0.05) is 24.0 Å². The zero-order valence-corrected chi connectivity index (χ0v) is 17.7. The minimum Gasteiger partial charge on any atom is -0.477 e. The van der Waals surface area contributed by atoms with Gasteiger partial charge in [-0.05, 0) is 62.7 Å². The molecule has 2 aromatic heterocycles. The molecule has 0 saturated heterocycles. The van der Waals surface area contributed by atoms with E-state index in [1.54, 1.807) is 6.07 Å². The van der Waals surface area contributed by atoms with Crippen molar-refractivity contribution < 1.29 is 14.3 Å². The van der Waals surface area contributed by atoms with Gasteiger partial charge in [0.2, 0.25) is 5.88 Å². The molecule has 0 amide bonds. The van der Waals surface area contributed by atoms with Gasteiger partial charge < -0.3 is 14.0 Å². The lowest BCUT2D eigenvalue weighted by atomic mass is 9.77. The first-order valence-corrected chi connectivity index (χ1v) is 10.5. The third-order valence-electron chi connectivity index (χ3n) is 5.92. The summed E-state index contributed by atoms with van der Waals surface area (Å²) in [6, 6.07) is 1.62. The number of nitrogens with zero attached hydrogens (tertiary/aromatic N) is 3. The molecule has 0 N–H and O–H groups in total. The number of fused-ring (bicyclic) bond motifs is 3. The second kappa shape index (κ2) is 8.19. The van der Waals surface area contributed by atoms with E-state index in [1.807, 2.05) is 13.0 Å². The summed E-state index contributed by atoms with van der Waals surface area (Å²) in [6.07, 6.45) is 11.7. The third-order valence-corrected chi connectivity index (χ3v) is 6.12. The molecule has 2 heterocycles. The lowest BCUT2D eigenvalue weighted by Crippen LogP contribution is -2.31. The Labute approximate surface area is 175 Å². The first kappa shape index (κ1) is 20.0. The molecule has 0 aliphatic heterocycles. The molecule has 0 bridgehead atoms. The number of hydrogen-bond acceptors (Lipinski definition) is 5. The van der Waals surface area contributed by atoms with Gasteiger partial charge in [-0.1, -0.05) is 17.7 Å². The summed E-state index contributed by atoms with van der Waals surface area (Å²) >= 11 is 5.88. The fraction of sp³-hybridized carbons (Fsp3) is 0.500. The number of esters is 1. The first-order valence-electron chi connectivity index (χ1n) is 10.1. The molecule has 4 rings (SSSR count). The second-order valence-electron chi connectivity index (χ2n) is 7.95. The quantitative estimate of drug-likeness (QED) is 0.405. The van der Waals surface area contributed by atoms with Crippen LogP contribution in [0.1, 0.15) is 48.7 Å². The van der Waals surface area contributed by atoms with Crippen LogP contribution in [0.25, 0.3) is 6.08 Å². The van der Waals surface area contributed by atoms with Gasteiger partial charge in [0.05, 0.1) is 19.1 Å². The van der Waals surface area contributed by atoms with Gasteiger partial charge in [-0.15, -0.1) is 0 Å². The van der Waals surface area contributed by atoms with Crippen molar-refractivity contribution >= 4 is 23.6 Å². The summed E-state index contributed by atoms with van der Waals surface area (Å²) < 4.78 is 13.2. The maximum atomic E-state index is 12.3. The number of carbonyl (C=O) groups is 1. The molecule has 2 aliphatic rings. The van der Waals surface area contributed by atoms with E-state index in [0.29, 0.717) is 24.1 Å². The average Bonchev–Trinajstić information content (AvgIpc) is 3.03. The maximum absolute atomic E-state index is 12.3. The van der Waals surface area contributed by atoms with E-state index < -0.39 is 5.41 Å². The number of rotatable bonds is 6. The Balaban J connectivity index is 1.52. The molecule has 2 aliphatic carbocycles. The fourth-order valence-corrected chi connectivity index (χ4v) is 4.61. The van der Waals surface area contributed by atoms with Gasteiger partial charge in [-0.2, -0.15) is 0 Å². The highest BCUT2D eigenvalue weighted by Crippen LogP contribution is 2.40. The average molecular weight is 416 g/mol. The number of ether oxygens (including phenoxy) is 2. The summed E-state index contributed by atoms with van der Waals surface area (Å²) in [5.74, 6) is 0.323. The molecule has 7 heteroatoms. The predicted octanol–water partition coefficient (Wildman–Crippen LogP) is 4.03. The fourth-order valence-electron chi connectivity index (χ4n) is 4.48. The summed E-state index contributed by atoms with van der Waals surface area (Å²) in [6.45, 7) is 3.39. The SMILES string of the molecule is COC(=O)C1(C)C=Cc2c(c3c(n2CCCOc2cc(Cl)ncn2)CCCC3)C1. The Kier molecular flexibility index (Phi) is 5.63. The summed E-state index contributed by atoms with van der Waals surface area (Å²) in [7, 11) is 1.46. The van der Waals surface area contributed by atoms with E-state index in [0.717, 1.165) is 25.8 Å². The van der Waals surface area contributed by atoms with Crippen molar-refractivity contribution in [2.24, 2.45) is 5.41 Å². The molecule has 0 saturated carbocycles. The van der Waals surface area contributed by atoms with Crippen molar-refractivity contribution in [3.8, 4) is 5.88 Å². The first-order chi connectivity index (χ1) is 14.0. The van der Waals surface area contributed by atoms with Crippen LogP contribution in [0.3, 0.4) is 0 Å². The van der Waals surface area contributed by atoms with Gasteiger partial charge in [-0.3, -0.25) is 4.79 Å². The van der Waals surface area contributed by atoms with E-state index in [9.17, 15) is 4.79 Å². The van der Waals surface area contributed by atoms with Crippen molar-refractivity contribution in [2.75, 3.05) is 13.7 Å². The minimum absolute atomic E-state index is 0.173. The van der Waals surface area contributed by atoms with Crippen LogP contribution in [0.5, 0.6) is 5.88 Å². The lowest BCUT2D eigenvalue weighted by molar-refractivity contribution is -0.148. The number of methoxy groups -OCH3 is 1. The maximum Gasteiger partial charge on any atom is 0.315 e. The molecule has 6 nitrogen and oxygen atoms in total. The largest absolute Gasteiger partial charge is 0.477 e. The van der Waals surface area contributed by atoms with Gasteiger partial charge in [0.1, 0.15) is 11.5 Å². The van der Waals surface area contributed by atoms with Crippen LogP contribution in [0.4, 0.5) is 0 Å². The van der Waals surface area contributed by atoms with E-state index in [4.69, 9.17) is 21.1 Å². The Hall–Kier alpha value is -2.34. The molecule has 29 heavy (non-hydrogen) atoms. The summed E-state index contributed by atoms with van der Waals surface area (Å²) in [5, 5.41) is 0.377. The van der Waals surface area contributed by atoms with Crippen LogP contribution in [0.15, 0.2) is 18.5 Å². The highest BCUT2D eigenvalue weighted by molar-refractivity contribution is 6.29. The van der Waals surface area contributed by atoms with Gasteiger partial charge in [0.25, 0.3) is 0 Å². The summed E-state index contributed by atoms with van der Waals surface area (Å²) in [4.78, 5) is 20.3. The molecule has 0 spiro atoms. The zero-order valence-electron chi connectivity index (χ0n) is 16.9. The predicted molar refractivity (Wildman–Crippen MR) is 111 cm³/mol. The molecular weight excluding hydrogens is 390 g/mol. The number of hydrogen-bond donors (Lipinski definition) is 0. The molecule has 0 radical (unpaired) electrons. The van der Waals surface area contributed by atoms with E-state index in [2.05, 4.69) is 20.6 Å². The number of aromatic nitrogens is 3. The molecule has 2 aromatic rings. The van der Waals surface area contributed by atoms with Gasteiger partial charge >= 0.3 is 5.97 Å². The van der Waals surface area contributed by atoms with Crippen molar-refractivity contribution in [3.05, 3.63) is 46.1 Å². The molecule has 154 valence electrons. The van der Waals surface area contributed by atoms with Crippen molar-refractivity contribution in [2.45, 2.75) is 52.0 Å². The Morgan fingerprint density at radius 1 is 1.28 bits per heavy atom. The number of carbonyl (C=O) groups excluding carboxylic acids is 1. The molecule has 1 atom stereocenters. The van der Waals surface area contributed by atoms with Crippen LogP contribution in [-0.4, -0.2) is 34.2 Å². The molecule has 1 unspecified atom stereocenters. The van der Waals surface area contributed by atoms with Crippen molar-refractivity contribution in [3.63, 3.8) is 0 Å². The Morgan fingerprint density at radius 2 is 2.10 bits per heavy atom. The minimum atomic E-state index is -0.589. The van der Waals surface area contributed by atoms with Gasteiger partial charge in [-0.25, -0.2) is 9.97 Å².